The number of aryl methyl sites for hydroxylation is 1. The van der Waals surface area contributed by atoms with Crippen LogP contribution < -0.4 is 0 Å². The van der Waals surface area contributed by atoms with Crippen molar-refractivity contribution in [1.82, 2.24) is 9.88 Å². The minimum Gasteiger partial charge on any atom is -0.381 e. The van der Waals surface area contributed by atoms with Crippen LogP contribution in [-0.4, -0.2) is 61.0 Å². The Balaban J connectivity index is 1.40. The normalized spacial score (nSPS) is 33.4. The first-order valence-electron chi connectivity index (χ1n) is 8.25. The summed E-state index contributed by atoms with van der Waals surface area (Å²) in [6.45, 7) is 7.18. The third kappa shape index (κ3) is 2.95. The van der Waals surface area contributed by atoms with Crippen LogP contribution in [0.25, 0.3) is 0 Å². The highest BCUT2D eigenvalue weighted by atomic mass is 32.1. The van der Waals surface area contributed by atoms with E-state index in [0.29, 0.717) is 24.6 Å². The highest BCUT2D eigenvalue weighted by Gasteiger charge is 2.48. The smallest absolute Gasteiger partial charge is 0.0901 e. The average Bonchev–Trinajstić information content (AvgIpc) is 3.23. The molecule has 0 aromatic carbocycles. The minimum absolute atomic E-state index is 0.275. The fourth-order valence-corrected chi connectivity index (χ4v) is 4.61. The molecule has 3 saturated heterocycles. The molecule has 22 heavy (non-hydrogen) atoms. The SMILES string of the molecule is Cc1nc(CO[C@@H]2CN(C3CCOCC3)[C@H]3COC[C@@H]23)cs1. The molecule has 5 nitrogen and oxygen atoms in total. The van der Waals surface area contributed by atoms with Crippen LogP contribution in [0.15, 0.2) is 5.38 Å². The Morgan fingerprint density at radius 3 is 2.95 bits per heavy atom. The predicted octanol–water partition coefficient (Wildman–Crippen LogP) is 1.85. The Bertz CT molecular complexity index is 503. The van der Waals surface area contributed by atoms with E-state index in [1.54, 1.807) is 11.3 Å². The van der Waals surface area contributed by atoms with E-state index >= 15 is 0 Å². The summed E-state index contributed by atoms with van der Waals surface area (Å²) in [5.41, 5.74) is 1.06. The van der Waals surface area contributed by atoms with Gasteiger partial charge in [0, 0.05) is 43.1 Å². The van der Waals surface area contributed by atoms with E-state index in [1.165, 1.54) is 0 Å². The molecule has 0 amide bonds. The average molecular weight is 324 g/mol. The number of likely N-dealkylation sites (tertiary alicyclic amines) is 1. The van der Waals surface area contributed by atoms with Crippen LogP contribution in [0, 0.1) is 12.8 Å². The van der Waals surface area contributed by atoms with Crippen molar-refractivity contribution >= 4 is 11.3 Å². The summed E-state index contributed by atoms with van der Waals surface area (Å²) in [5.74, 6) is 0.516. The molecular weight excluding hydrogens is 300 g/mol. The van der Waals surface area contributed by atoms with Crippen molar-refractivity contribution in [3.63, 3.8) is 0 Å². The van der Waals surface area contributed by atoms with Gasteiger partial charge in [-0.2, -0.15) is 0 Å². The number of fused-ring (bicyclic) bond motifs is 1. The number of hydrogen-bond acceptors (Lipinski definition) is 6. The van der Waals surface area contributed by atoms with Crippen LogP contribution in [0.1, 0.15) is 23.5 Å². The van der Waals surface area contributed by atoms with Crippen molar-refractivity contribution in [2.75, 3.05) is 33.0 Å². The van der Waals surface area contributed by atoms with Gasteiger partial charge < -0.3 is 14.2 Å². The third-order valence-electron chi connectivity index (χ3n) is 5.16. The summed E-state index contributed by atoms with van der Waals surface area (Å²) in [6, 6.07) is 1.17. The van der Waals surface area contributed by atoms with Crippen LogP contribution in [-0.2, 0) is 20.8 Å². The lowest BCUT2D eigenvalue weighted by Crippen LogP contribution is -2.44. The van der Waals surface area contributed by atoms with Gasteiger partial charge in [0.2, 0.25) is 0 Å². The first kappa shape index (κ1) is 15.0. The molecule has 0 unspecified atom stereocenters. The van der Waals surface area contributed by atoms with Crippen molar-refractivity contribution < 1.29 is 14.2 Å². The second kappa shape index (κ2) is 6.53. The quantitative estimate of drug-likeness (QED) is 0.846. The van der Waals surface area contributed by atoms with Crippen LogP contribution in [0.2, 0.25) is 0 Å². The van der Waals surface area contributed by atoms with Crippen LogP contribution >= 0.6 is 11.3 Å². The van der Waals surface area contributed by atoms with E-state index in [9.17, 15) is 0 Å². The summed E-state index contributed by atoms with van der Waals surface area (Å²) in [4.78, 5) is 7.13. The number of aromatic nitrogens is 1. The number of rotatable bonds is 4. The highest BCUT2D eigenvalue weighted by molar-refractivity contribution is 7.09. The molecule has 0 saturated carbocycles. The zero-order chi connectivity index (χ0) is 14.9. The van der Waals surface area contributed by atoms with Gasteiger partial charge in [0.15, 0.2) is 0 Å². The molecule has 6 heteroatoms. The van der Waals surface area contributed by atoms with Gasteiger partial charge in [-0.1, -0.05) is 0 Å². The van der Waals surface area contributed by atoms with E-state index in [4.69, 9.17) is 14.2 Å². The Morgan fingerprint density at radius 2 is 2.18 bits per heavy atom. The molecule has 3 atom stereocenters. The molecule has 0 spiro atoms. The first-order valence-corrected chi connectivity index (χ1v) is 9.13. The van der Waals surface area contributed by atoms with E-state index in [-0.39, 0.29) is 6.10 Å². The maximum absolute atomic E-state index is 6.23. The maximum Gasteiger partial charge on any atom is 0.0901 e. The van der Waals surface area contributed by atoms with Crippen LogP contribution in [0.4, 0.5) is 0 Å². The van der Waals surface area contributed by atoms with Gasteiger partial charge in [-0.05, 0) is 19.8 Å². The highest BCUT2D eigenvalue weighted by Crippen LogP contribution is 2.35. The molecule has 0 aliphatic carbocycles. The van der Waals surface area contributed by atoms with Crippen molar-refractivity contribution in [3.8, 4) is 0 Å². The molecule has 3 fully saturated rings. The zero-order valence-corrected chi connectivity index (χ0v) is 13.9. The maximum atomic E-state index is 6.23. The first-order chi connectivity index (χ1) is 10.8. The van der Waals surface area contributed by atoms with Gasteiger partial charge >= 0.3 is 0 Å². The lowest BCUT2D eigenvalue weighted by atomic mass is 10.0. The summed E-state index contributed by atoms with van der Waals surface area (Å²) in [5, 5.41) is 3.21. The third-order valence-corrected chi connectivity index (χ3v) is 5.98. The molecule has 122 valence electrons. The van der Waals surface area contributed by atoms with E-state index in [0.717, 1.165) is 56.5 Å². The number of nitrogens with zero attached hydrogens (tertiary/aromatic N) is 2. The molecule has 4 heterocycles. The van der Waals surface area contributed by atoms with Gasteiger partial charge in [0.05, 0.1) is 36.6 Å². The Kier molecular flexibility index (Phi) is 4.46. The van der Waals surface area contributed by atoms with Crippen molar-refractivity contribution in [3.05, 3.63) is 16.1 Å². The summed E-state index contributed by atoms with van der Waals surface area (Å²) < 4.78 is 17.5. The van der Waals surface area contributed by atoms with E-state index < -0.39 is 0 Å². The van der Waals surface area contributed by atoms with Gasteiger partial charge in [0.25, 0.3) is 0 Å². The van der Waals surface area contributed by atoms with Gasteiger partial charge in [-0.15, -0.1) is 11.3 Å². The largest absolute Gasteiger partial charge is 0.381 e. The molecular formula is C16H24N2O3S. The van der Waals surface area contributed by atoms with E-state index in [1.807, 2.05) is 6.92 Å². The fourth-order valence-electron chi connectivity index (χ4n) is 4.01. The second-order valence-corrected chi connectivity index (χ2v) is 7.58. The monoisotopic (exact) mass is 324 g/mol. The number of hydrogen-bond donors (Lipinski definition) is 0. The van der Waals surface area contributed by atoms with Crippen molar-refractivity contribution in [2.45, 2.75) is 44.6 Å². The Hall–Kier alpha value is -0.530. The summed E-state index contributed by atoms with van der Waals surface area (Å²) >= 11 is 1.69. The van der Waals surface area contributed by atoms with E-state index in [2.05, 4.69) is 15.3 Å². The topological polar surface area (TPSA) is 43.8 Å². The number of thiazole rings is 1. The fraction of sp³-hybridized carbons (Fsp3) is 0.812. The molecule has 3 aliphatic heterocycles. The molecule has 0 bridgehead atoms. The Labute approximate surface area is 135 Å². The Morgan fingerprint density at radius 1 is 1.32 bits per heavy atom. The lowest BCUT2D eigenvalue weighted by molar-refractivity contribution is -0.00674. The minimum atomic E-state index is 0.275. The second-order valence-electron chi connectivity index (χ2n) is 6.52. The van der Waals surface area contributed by atoms with Crippen LogP contribution in [0.3, 0.4) is 0 Å². The zero-order valence-electron chi connectivity index (χ0n) is 13.1. The number of ether oxygens (including phenoxy) is 3. The molecule has 1 aromatic rings. The lowest BCUT2D eigenvalue weighted by Gasteiger charge is -2.34. The van der Waals surface area contributed by atoms with Gasteiger partial charge in [-0.25, -0.2) is 4.98 Å². The predicted molar refractivity (Wildman–Crippen MR) is 84.1 cm³/mol. The van der Waals surface area contributed by atoms with Crippen molar-refractivity contribution in [1.29, 1.82) is 0 Å². The van der Waals surface area contributed by atoms with Gasteiger partial charge in [-0.3, -0.25) is 4.90 Å². The molecule has 4 rings (SSSR count). The van der Waals surface area contributed by atoms with Crippen LogP contribution in [0.5, 0.6) is 0 Å². The summed E-state index contributed by atoms with van der Waals surface area (Å²) in [6.07, 6.45) is 2.56. The molecule has 1 aromatic heterocycles. The molecule has 0 N–H and O–H groups in total. The van der Waals surface area contributed by atoms with Crippen molar-refractivity contribution in [2.24, 2.45) is 5.92 Å². The summed E-state index contributed by atoms with van der Waals surface area (Å²) in [7, 11) is 0. The molecule has 0 radical (unpaired) electrons. The van der Waals surface area contributed by atoms with Gasteiger partial charge in [0.1, 0.15) is 0 Å². The molecule has 3 aliphatic rings. The standard InChI is InChI=1S/C16H24N2O3S/c1-11-17-12(10-22-11)7-21-16-6-18(13-2-4-19-5-3-13)15-9-20-8-14(15)16/h10,13-16H,2-9H2,1H3/t14-,15+,16-/m1/s1.